The van der Waals surface area contributed by atoms with Crippen LogP contribution >= 0.6 is 0 Å². The molecule has 0 bridgehead atoms. The molecule has 0 fully saturated rings. The van der Waals surface area contributed by atoms with Crippen LogP contribution in [0.15, 0.2) is 36.4 Å². The van der Waals surface area contributed by atoms with E-state index in [1.165, 1.54) is 0 Å². The summed E-state index contributed by atoms with van der Waals surface area (Å²) in [6, 6.07) is 11.5. The second-order valence-electron chi connectivity index (χ2n) is 3.48. The molecule has 0 saturated carbocycles. The van der Waals surface area contributed by atoms with Crippen molar-refractivity contribution in [3.63, 3.8) is 0 Å². The van der Waals surface area contributed by atoms with E-state index in [0.717, 1.165) is 23.4 Å². The number of nitrogens with two attached hydrogens (primary N) is 1. The van der Waals surface area contributed by atoms with Crippen molar-refractivity contribution in [2.75, 3.05) is 12.8 Å². The number of ether oxygens (including phenoxy) is 1. The Kier molecular flexibility index (Phi) is 3.00. The van der Waals surface area contributed by atoms with Crippen molar-refractivity contribution in [2.45, 2.75) is 6.42 Å². The molecule has 1 aromatic carbocycles. The molecule has 16 heavy (non-hydrogen) atoms. The lowest BCUT2D eigenvalue weighted by molar-refractivity contribution is 0.414. The predicted molar refractivity (Wildman–Crippen MR) is 62.2 cm³/mol. The van der Waals surface area contributed by atoms with Crippen molar-refractivity contribution < 1.29 is 4.74 Å². The largest absolute Gasteiger partial charge is 0.497 e. The Balaban J connectivity index is 2.16. The Morgan fingerprint density at radius 2 is 2.06 bits per heavy atom. The zero-order chi connectivity index (χ0) is 11.4. The molecular formula is C12H13N3O. The number of anilines is 1. The molecule has 1 heterocycles. The number of benzene rings is 1. The van der Waals surface area contributed by atoms with Crippen molar-refractivity contribution in [3.8, 4) is 5.75 Å². The Hall–Kier alpha value is -2.10. The van der Waals surface area contributed by atoms with Gasteiger partial charge in [-0.2, -0.15) is 5.10 Å². The Morgan fingerprint density at radius 1 is 1.19 bits per heavy atom. The average molecular weight is 215 g/mol. The maximum absolute atomic E-state index is 5.47. The summed E-state index contributed by atoms with van der Waals surface area (Å²) in [4.78, 5) is 0. The van der Waals surface area contributed by atoms with Crippen molar-refractivity contribution in [2.24, 2.45) is 0 Å². The lowest BCUT2D eigenvalue weighted by Gasteiger charge is -2.03. The van der Waals surface area contributed by atoms with E-state index in [2.05, 4.69) is 10.2 Å². The normalized spacial score (nSPS) is 10.1. The number of hydrogen-bond donors (Lipinski definition) is 1. The third-order valence-corrected chi connectivity index (χ3v) is 2.26. The van der Waals surface area contributed by atoms with Crippen molar-refractivity contribution in [3.05, 3.63) is 47.7 Å². The van der Waals surface area contributed by atoms with Gasteiger partial charge in [0.2, 0.25) is 0 Å². The van der Waals surface area contributed by atoms with Crippen LogP contribution in [0.3, 0.4) is 0 Å². The highest BCUT2D eigenvalue weighted by atomic mass is 16.5. The molecule has 0 aliphatic carbocycles. The maximum Gasteiger partial charge on any atom is 0.146 e. The van der Waals surface area contributed by atoms with Gasteiger partial charge in [-0.15, -0.1) is 5.10 Å². The first kappa shape index (κ1) is 10.4. The highest BCUT2D eigenvalue weighted by Crippen LogP contribution is 2.15. The van der Waals surface area contributed by atoms with Gasteiger partial charge < -0.3 is 10.5 Å². The minimum atomic E-state index is 0.439. The van der Waals surface area contributed by atoms with E-state index in [1.54, 1.807) is 13.2 Å². The summed E-state index contributed by atoms with van der Waals surface area (Å²) in [5.41, 5.74) is 7.50. The molecule has 4 heteroatoms. The van der Waals surface area contributed by atoms with Crippen LogP contribution in [0.1, 0.15) is 11.3 Å². The molecule has 0 spiro atoms. The second-order valence-corrected chi connectivity index (χ2v) is 3.48. The fourth-order valence-corrected chi connectivity index (χ4v) is 1.46. The topological polar surface area (TPSA) is 61.0 Å². The van der Waals surface area contributed by atoms with E-state index in [1.807, 2.05) is 30.3 Å². The molecule has 0 amide bonds. The number of methoxy groups -OCH3 is 1. The molecule has 0 saturated heterocycles. The third kappa shape index (κ3) is 2.48. The smallest absolute Gasteiger partial charge is 0.146 e. The molecule has 2 aromatic rings. The van der Waals surface area contributed by atoms with Gasteiger partial charge in [-0.3, -0.25) is 0 Å². The first-order valence-electron chi connectivity index (χ1n) is 4.99. The first-order chi connectivity index (χ1) is 7.78. The van der Waals surface area contributed by atoms with Gasteiger partial charge in [0, 0.05) is 6.42 Å². The predicted octanol–water partition coefficient (Wildman–Crippen LogP) is 1.66. The lowest BCUT2D eigenvalue weighted by Crippen LogP contribution is -1.98. The van der Waals surface area contributed by atoms with Crippen LogP contribution in [0, 0.1) is 0 Å². The summed E-state index contributed by atoms with van der Waals surface area (Å²) in [5, 5.41) is 7.83. The van der Waals surface area contributed by atoms with Crippen molar-refractivity contribution in [1.29, 1.82) is 0 Å². The molecule has 0 radical (unpaired) electrons. The third-order valence-electron chi connectivity index (χ3n) is 2.26. The summed E-state index contributed by atoms with van der Waals surface area (Å²) >= 11 is 0. The van der Waals surface area contributed by atoms with Crippen LogP contribution in [-0.2, 0) is 6.42 Å². The second kappa shape index (κ2) is 4.61. The van der Waals surface area contributed by atoms with E-state index >= 15 is 0 Å². The average Bonchev–Trinajstić information content (AvgIpc) is 2.32. The van der Waals surface area contributed by atoms with Gasteiger partial charge in [0.1, 0.15) is 11.6 Å². The van der Waals surface area contributed by atoms with Crippen LogP contribution < -0.4 is 10.5 Å². The summed E-state index contributed by atoms with van der Waals surface area (Å²) in [6.45, 7) is 0. The summed E-state index contributed by atoms with van der Waals surface area (Å²) in [7, 11) is 1.65. The van der Waals surface area contributed by atoms with Crippen LogP contribution in [0.25, 0.3) is 0 Å². The van der Waals surface area contributed by atoms with Crippen molar-refractivity contribution in [1.82, 2.24) is 10.2 Å². The van der Waals surface area contributed by atoms with Crippen LogP contribution in [0.4, 0.5) is 5.82 Å². The first-order valence-corrected chi connectivity index (χ1v) is 4.99. The highest BCUT2D eigenvalue weighted by Gasteiger charge is 2.00. The van der Waals surface area contributed by atoms with Crippen molar-refractivity contribution >= 4 is 5.82 Å². The molecule has 0 unspecified atom stereocenters. The molecule has 0 aliphatic heterocycles. The number of nitrogens with zero attached hydrogens (tertiary/aromatic N) is 2. The van der Waals surface area contributed by atoms with Gasteiger partial charge in [-0.25, -0.2) is 0 Å². The standard InChI is InChI=1S/C12H13N3O/c1-16-11-4-2-3-9(8-11)7-10-5-6-12(13)15-14-10/h2-6,8H,7H2,1H3,(H2,13,15). The van der Waals surface area contributed by atoms with E-state index in [0.29, 0.717) is 5.82 Å². The monoisotopic (exact) mass is 215 g/mol. The molecule has 1 aromatic heterocycles. The minimum Gasteiger partial charge on any atom is -0.497 e. The number of nitrogen functional groups attached to an aromatic ring is 1. The van der Waals surface area contributed by atoms with E-state index in [9.17, 15) is 0 Å². The molecule has 0 atom stereocenters. The van der Waals surface area contributed by atoms with Crippen LogP contribution in [0.2, 0.25) is 0 Å². The molecule has 4 nitrogen and oxygen atoms in total. The zero-order valence-electron chi connectivity index (χ0n) is 9.05. The maximum atomic E-state index is 5.47. The lowest BCUT2D eigenvalue weighted by atomic mass is 10.1. The van der Waals surface area contributed by atoms with Gasteiger partial charge in [0.05, 0.1) is 12.8 Å². The molecule has 0 aliphatic rings. The van der Waals surface area contributed by atoms with Gasteiger partial charge in [0.15, 0.2) is 0 Å². The number of hydrogen-bond acceptors (Lipinski definition) is 4. The summed E-state index contributed by atoms with van der Waals surface area (Å²) in [6.07, 6.45) is 0.727. The Morgan fingerprint density at radius 3 is 2.75 bits per heavy atom. The zero-order valence-corrected chi connectivity index (χ0v) is 9.05. The fraction of sp³-hybridized carbons (Fsp3) is 0.167. The molecular weight excluding hydrogens is 202 g/mol. The minimum absolute atomic E-state index is 0.439. The quantitative estimate of drug-likeness (QED) is 0.845. The molecule has 82 valence electrons. The Labute approximate surface area is 94.1 Å². The SMILES string of the molecule is COc1cccc(Cc2ccc(N)nn2)c1. The fourth-order valence-electron chi connectivity index (χ4n) is 1.46. The van der Waals surface area contributed by atoms with Gasteiger partial charge in [0.25, 0.3) is 0 Å². The number of aromatic nitrogens is 2. The van der Waals surface area contributed by atoms with E-state index in [-0.39, 0.29) is 0 Å². The van der Waals surface area contributed by atoms with E-state index < -0.39 is 0 Å². The van der Waals surface area contributed by atoms with Crippen LogP contribution in [-0.4, -0.2) is 17.3 Å². The van der Waals surface area contributed by atoms with E-state index in [4.69, 9.17) is 10.5 Å². The molecule has 2 rings (SSSR count). The van der Waals surface area contributed by atoms with Gasteiger partial charge >= 0.3 is 0 Å². The highest BCUT2D eigenvalue weighted by molar-refractivity contribution is 5.32. The van der Waals surface area contributed by atoms with Crippen LogP contribution in [0.5, 0.6) is 5.75 Å². The Bertz CT molecular complexity index is 468. The van der Waals surface area contributed by atoms with Gasteiger partial charge in [-0.1, -0.05) is 12.1 Å². The molecule has 2 N–H and O–H groups in total. The number of rotatable bonds is 3. The summed E-state index contributed by atoms with van der Waals surface area (Å²) < 4.78 is 5.16. The summed E-state index contributed by atoms with van der Waals surface area (Å²) in [5.74, 6) is 1.29. The van der Waals surface area contributed by atoms with Gasteiger partial charge in [-0.05, 0) is 29.8 Å².